The fraction of sp³-hybridized carbons (Fsp3) is 0.273. The monoisotopic (exact) mass is 172 g/mol. The number of hydrogen-bond acceptors (Lipinski definition) is 2. The van der Waals surface area contributed by atoms with E-state index in [0.717, 1.165) is 17.8 Å². The SMILES string of the molecule is CC1=CC2=NC=NC(C)=C(C=C1)C2. The maximum atomic E-state index is 4.27. The van der Waals surface area contributed by atoms with Gasteiger partial charge in [-0.2, -0.15) is 0 Å². The van der Waals surface area contributed by atoms with Crippen molar-refractivity contribution in [1.82, 2.24) is 0 Å². The molecule has 0 fully saturated rings. The van der Waals surface area contributed by atoms with E-state index < -0.39 is 0 Å². The minimum Gasteiger partial charge on any atom is -0.241 e. The Hall–Kier alpha value is -1.44. The Labute approximate surface area is 78.1 Å². The second kappa shape index (κ2) is 3.13. The second-order valence-electron chi connectivity index (χ2n) is 3.37. The quantitative estimate of drug-likeness (QED) is 0.536. The lowest BCUT2D eigenvalue weighted by Gasteiger charge is -1.99. The molecule has 2 aliphatic rings. The molecule has 0 radical (unpaired) electrons. The first kappa shape index (κ1) is 8.17. The van der Waals surface area contributed by atoms with Gasteiger partial charge in [0.05, 0.1) is 0 Å². The molecule has 1 aliphatic carbocycles. The van der Waals surface area contributed by atoms with Crippen LogP contribution in [-0.2, 0) is 0 Å². The summed E-state index contributed by atoms with van der Waals surface area (Å²) < 4.78 is 0. The van der Waals surface area contributed by atoms with E-state index in [0.29, 0.717) is 0 Å². The maximum absolute atomic E-state index is 4.27. The lowest BCUT2D eigenvalue weighted by Crippen LogP contribution is -1.94. The molecule has 0 aromatic rings. The van der Waals surface area contributed by atoms with E-state index >= 15 is 0 Å². The zero-order valence-corrected chi connectivity index (χ0v) is 7.91. The summed E-state index contributed by atoms with van der Waals surface area (Å²) in [5.41, 5.74) is 4.67. The third kappa shape index (κ3) is 1.66. The average Bonchev–Trinajstić information content (AvgIpc) is 2.36. The van der Waals surface area contributed by atoms with Gasteiger partial charge in [-0.1, -0.05) is 12.2 Å². The molecule has 1 heterocycles. The smallest absolute Gasteiger partial charge is 0.115 e. The van der Waals surface area contributed by atoms with Crippen molar-refractivity contribution in [2.24, 2.45) is 9.98 Å². The third-order valence-corrected chi connectivity index (χ3v) is 2.25. The van der Waals surface area contributed by atoms with Crippen LogP contribution in [0, 0.1) is 0 Å². The van der Waals surface area contributed by atoms with Crippen molar-refractivity contribution in [2.75, 3.05) is 0 Å². The standard InChI is InChI=1S/C11H12N2/c1-8-3-4-10-6-11(5-8)13-7-12-9(10)2/h3-5,7H,6H2,1-2H3. The van der Waals surface area contributed by atoms with Crippen molar-refractivity contribution in [1.29, 1.82) is 0 Å². The van der Waals surface area contributed by atoms with Gasteiger partial charge < -0.3 is 0 Å². The summed E-state index contributed by atoms with van der Waals surface area (Å²) in [4.78, 5) is 8.49. The Morgan fingerprint density at radius 2 is 2.08 bits per heavy atom. The van der Waals surface area contributed by atoms with Crippen LogP contribution < -0.4 is 0 Å². The molecule has 1 aliphatic heterocycles. The predicted molar refractivity (Wildman–Crippen MR) is 56.1 cm³/mol. The number of allylic oxidation sites excluding steroid dienone is 6. The van der Waals surface area contributed by atoms with Crippen LogP contribution in [0.5, 0.6) is 0 Å². The van der Waals surface area contributed by atoms with Crippen LogP contribution in [0.4, 0.5) is 0 Å². The summed E-state index contributed by atoms with van der Waals surface area (Å²) in [5, 5.41) is 0. The maximum Gasteiger partial charge on any atom is 0.115 e. The minimum absolute atomic E-state index is 0.902. The highest BCUT2D eigenvalue weighted by Crippen LogP contribution is 2.19. The molecule has 0 aromatic carbocycles. The number of rotatable bonds is 0. The average molecular weight is 172 g/mol. The highest BCUT2D eigenvalue weighted by atomic mass is 14.9. The molecule has 0 N–H and O–H groups in total. The molecule has 0 atom stereocenters. The fourth-order valence-corrected chi connectivity index (χ4v) is 1.45. The number of aliphatic imine (C=N–C) groups is 2. The minimum atomic E-state index is 0.902. The van der Waals surface area contributed by atoms with Crippen molar-refractivity contribution in [3.8, 4) is 0 Å². The molecule has 13 heavy (non-hydrogen) atoms. The van der Waals surface area contributed by atoms with Crippen molar-refractivity contribution in [3.05, 3.63) is 35.1 Å². The molecule has 0 saturated carbocycles. The normalized spacial score (nSPS) is 20.8. The summed E-state index contributed by atoms with van der Waals surface area (Å²) in [7, 11) is 0. The van der Waals surface area contributed by atoms with E-state index in [1.165, 1.54) is 11.1 Å². The van der Waals surface area contributed by atoms with Gasteiger partial charge >= 0.3 is 0 Å². The Morgan fingerprint density at radius 1 is 1.23 bits per heavy atom. The Kier molecular flexibility index (Phi) is 1.97. The molecule has 0 unspecified atom stereocenters. The van der Waals surface area contributed by atoms with E-state index in [2.05, 4.69) is 35.1 Å². The Bertz CT molecular complexity index is 379. The van der Waals surface area contributed by atoms with Gasteiger partial charge in [-0.15, -0.1) is 0 Å². The summed E-state index contributed by atoms with van der Waals surface area (Å²) in [6.45, 7) is 4.11. The third-order valence-electron chi connectivity index (χ3n) is 2.25. The molecule has 66 valence electrons. The molecule has 0 aromatic heterocycles. The molecular weight excluding hydrogens is 160 g/mol. The molecule has 2 rings (SSSR count). The summed E-state index contributed by atoms with van der Waals surface area (Å²) in [5.74, 6) is 0. The molecule has 0 spiro atoms. The van der Waals surface area contributed by atoms with Crippen LogP contribution in [-0.4, -0.2) is 12.1 Å². The van der Waals surface area contributed by atoms with Crippen molar-refractivity contribution < 1.29 is 0 Å². The van der Waals surface area contributed by atoms with Gasteiger partial charge in [-0.25, -0.2) is 9.98 Å². The lowest BCUT2D eigenvalue weighted by atomic mass is 10.1. The zero-order chi connectivity index (χ0) is 9.26. The van der Waals surface area contributed by atoms with Crippen LogP contribution in [0.1, 0.15) is 20.3 Å². The van der Waals surface area contributed by atoms with Gasteiger partial charge in [0.1, 0.15) is 6.34 Å². The van der Waals surface area contributed by atoms with Crippen LogP contribution in [0.25, 0.3) is 0 Å². The van der Waals surface area contributed by atoms with Gasteiger partial charge in [0.2, 0.25) is 0 Å². The molecule has 2 nitrogen and oxygen atoms in total. The zero-order valence-electron chi connectivity index (χ0n) is 7.91. The molecule has 0 saturated heterocycles. The first-order valence-electron chi connectivity index (χ1n) is 4.41. The van der Waals surface area contributed by atoms with E-state index in [1.54, 1.807) is 6.34 Å². The van der Waals surface area contributed by atoms with Gasteiger partial charge in [-0.05, 0) is 31.1 Å². The van der Waals surface area contributed by atoms with Crippen molar-refractivity contribution in [3.63, 3.8) is 0 Å². The van der Waals surface area contributed by atoms with Crippen LogP contribution >= 0.6 is 0 Å². The summed E-state index contributed by atoms with van der Waals surface area (Å²) in [6, 6.07) is 0. The van der Waals surface area contributed by atoms with Gasteiger partial charge in [0.15, 0.2) is 0 Å². The second-order valence-corrected chi connectivity index (χ2v) is 3.37. The van der Waals surface area contributed by atoms with E-state index in [4.69, 9.17) is 0 Å². The Balaban J connectivity index is 2.53. The molecular formula is C11H12N2. The predicted octanol–water partition coefficient (Wildman–Crippen LogP) is 2.65. The molecule has 2 heteroatoms. The van der Waals surface area contributed by atoms with E-state index in [-0.39, 0.29) is 0 Å². The molecule has 0 amide bonds. The van der Waals surface area contributed by atoms with E-state index in [9.17, 15) is 0 Å². The summed E-state index contributed by atoms with van der Waals surface area (Å²) in [6.07, 6.45) is 8.89. The van der Waals surface area contributed by atoms with Gasteiger partial charge in [-0.3, -0.25) is 0 Å². The topological polar surface area (TPSA) is 24.7 Å². The fourth-order valence-electron chi connectivity index (χ4n) is 1.45. The number of hydrogen-bond donors (Lipinski definition) is 0. The van der Waals surface area contributed by atoms with Crippen LogP contribution in [0.3, 0.4) is 0 Å². The number of nitrogens with zero attached hydrogens (tertiary/aromatic N) is 2. The van der Waals surface area contributed by atoms with Crippen molar-refractivity contribution >= 4 is 12.1 Å². The van der Waals surface area contributed by atoms with Crippen LogP contribution in [0.2, 0.25) is 0 Å². The van der Waals surface area contributed by atoms with Gasteiger partial charge in [0.25, 0.3) is 0 Å². The van der Waals surface area contributed by atoms with Crippen LogP contribution in [0.15, 0.2) is 45.1 Å². The largest absolute Gasteiger partial charge is 0.241 e. The Morgan fingerprint density at radius 3 is 2.92 bits per heavy atom. The first-order valence-corrected chi connectivity index (χ1v) is 4.41. The van der Waals surface area contributed by atoms with Gasteiger partial charge in [0, 0.05) is 17.8 Å². The highest BCUT2D eigenvalue weighted by Gasteiger charge is 2.08. The highest BCUT2D eigenvalue weighted by molar-refractivity contribution is 6.02. The summed E-state index contributed by atoms with van der Waals surface area (Å²) >= 11 is 0. The first-order chi connectivity index (χ1) is 6.25. The van der Waals surface area contributed by atoms with E-state index in [1.807, 2.05) is 6.92 Å². The van der Waals surface area contributed by atoms with Crippen molar-refractivity contribution in [2.45, 2.75) is 20.3 Å². The lowest BCUT2D eigenvalue weighted by molar-refractivity contribution is 1.21. The molecule has 2 bridgehead atoms. The number of fused-ring (bicyclic) bond motifs is 2.